The number of nitrogens with zero attached hydrogens (tertiary/aromatic N) is 3. The third-order valence-electron chi connectivity index (χ3n) is 2.91. The van der Waals surface area contributed by atoms with Gasteiger partial charge in [-0.15, -0.1) is 0 Å². The lowest BCUT2D eigenvalue weighted by molar-refractivity contribution is 0.0691. The van der Waals surface area contributed by atoms with Crippen molar-refractivity contribution in [2.45, 2.75) is 19.4 Å². The van der Waals surface area contributed by atoms with Crippen LogP contribution >= 0.6 is 0 Å². The van der Waals surface area contributed by atoms with Crippen molar-refractivity contribution in [1.82, 2.24) is 18.6 Å². The minimum Gasteiger partial charge on any atom is -0.476 e. The number of hydrogen-bond donors (Lipinski definition) is 2. The van der Waals surface area contributed by atoms with Crippen LogP contribution < -0.4 is 4.72 Å². The second-order valence-corrected chi connectivity index (χ2v) is 6.06. The van der Waals surface area contributed by atoms with Crippen molar-refractivity contribution < 1.29 is 18.3 Å². The van der Waals surface area contributed by atoms with E-state index in [0.717, 1.165) is 12.8 Å². The zero-order chi connectivity index (χ0) is 13.9. The summed E-state index contributed by atoms with van der Waals surface area (Å²) in [6.07, 6.45) is 4.52. The van der Waals surface area contributed by atoms with Gasteiger partial charge in [-0.1, -0.05) is 0 Å². The van der Waals surface area contributed by atoms with Crippen molar-refractivity contribution in [3.63, 3.8) is 0 Å². The molecule has 0 radical (unpaired) electrons. The van der Waals surface area contributed by atoms with Crippen molar-refractivity contribution in [3.8, 4) is 0 Å². The molecule has 1 fully saturated rings. The average Bonchev–Trinajstić information content (AvgIpc) is 3.00. The Labute approximate surface area is 111 Å². The van der Waals surface area contributed by atoms with Crippen LogP contribution in [0.3, 0.4) is 0 Å². The van der Waals surface area contributed by atoms with E-state index in [1.54, 1.807) is 0 Å². The van der Waals surface area contributed by atoms with Crippen LogP contribution in [0.1, 0.15) is 23.3 Å². The van der Waals surface area contributed by atoms with Gasteiger partial charge in [-0.05, 0) is 12.8 Å². The fourth-order valence-electron chi connectivity index (χ4n) is 1.92. The molecule has 0 aromatic carbocycles. The van der Waals surface area contributed by atoms with E-state index in [2.05, 4.69) is 9.71 Å². The molecule has 2 heterocycles. The van der Waals surface area contributed by atoms with E-state index in [1.807, 2.05) is 0 Å². The molecule has 0 bridgehead atoms. The summed E-state index contributed by atoms with van der Waals surface area (Å²) in [6.45, 7) is 1.66. The number of aromatic carboxylic acids is 1. The summed E-state index contributed by atoms with van der Waals surface area (Å²) >= 11 is 0. The molecule has 8 nitrogen and oxygen atoms in total. The molecule has 1 aromatic rings. The number of rotatable bonds is 6. The summed E-state index contributed by atoms with van der Waals surface area (Å²) in [6, 6.07) is 0. The predicted molar refractivity (Wildman–Crippen MR) is 66.9 cm³/mol. The number of nitrogens with one attached hydrogen (secondary N) is 1. The third-order valence-corrected chi connectivity index (χ3v) is 4.53. The summed E-state index contributed by atoms with van der Waals surface area (Å²) < 4.78 is 29.1. The number of imidazole rings is 1. The molecule has 1 aromatic heterocycles. The zero-order valence-electron chi connectivity index (χ0n) is 10.3. The van der Waals surface area contributed by atoms with Crippen LogP contribution in [-0.2, 0) is 16.8 Å². The molecule has 1 saturated heterocycles. The first kappa shape index (κ1) is 14.0. The monoisotopic (exact) mass is 288 g/mol. The molecular formula is C10H16N4O4S. The number of aromatic nitrogens is 2. The lowest BCUT2D eigenvalue weighted by atomic mass is 10.4. The van der Waals surface area contributed by atoms with Crippen LogP contribution in [0.15, 0.2) is 12.5 Å². The molecule has 1 aliphatic heterocycles. The second-order valence-electron chi connectivity index (χ2n) is 4.31. The van der Waals surface area contributed by atoms with Gasteiger partial charge in [0.1, 0.15) is 0 Å². The van der Waals surface area contributed by atoms with E-state index < -0.39 is 16.2 Å². The second kappa shape index (κ2) is 5.68. The Balaban J connectivity index is 1.83. The van der Waals surface area contributed by atoms with Gasteiger partial charge in [0.15, 0.2) is 5.69 Å². The van der Waals surface area contributed by atoms with Gasteiger partial charge in [-0.2, -0.15) is 12.7 Å². The third kappa shape index (κ3) is 3.52. The predicted octanol–water partition coefficient (Wildman–Crippen LogP) is -0.488. The maximum atomic E-state index is 11.8. The smallest absolute Gasteiger partial charge is 0.356 e. The van der Waals surface area contributed by atoms with Crippen molar-refractivity contribution in [1.29, 1.82) is 0 Å². The van der Waals surface area contributed by atoms with Gasteiger partial charge >= 0.3 is 5.97 Å². The topological polar surface area (TPSA) is 105 Å². The summed E-state index contributed by atoms with van der Waals surface area (Å²) in [5, 5.41) is 8.70. The molecule has 0 amide bonds. The highest BCUT2D eigenvalue weighted by Crippen LogP contribution is 2.10. The lowest BCUT2D eigenvalue weighted by Crippen LogP contribution is -2.40. The van der Waals surface area contributed by atoms with E-state index in [4.69, 9.17) is 5.11 Å². The molecule has 9 heteroatoms. The molecule has 2 N–H and O–H groups in total. The van der Waals surface area contributed by atoms with Crippen molar-refractivity contribution >= 4 is 16.2 Å². The van der Waals surface area contributed by atoms with E-state index in [9.17, 15) is 13.2 Å². The van der Waals surface area contributed by atoms with Crippen LogP contribution in [0.4, 0.5) is 0 Å². The van der Waals surface area contributed by atoms with Crippen LogP contribution in [0.25, 0.3) is 0 Å². The summed E-state index contributed by atoms with van der Waals surface area (Å²) in [7, 11) is -3.41. The van der Waals surface area contributed by atoms with Gasteiger partial charge in [0.05, 0.1) is 6.33 Å². The molecule has 1 aliphatic rings. The number of carboxylic acids is 1. The highest BCUT2D eigenvalue weighted by Gasteiger charge is 2.24. The maximum absolute atomic E-state index is 11.8. The van der Waals surface area contributed by atoms with E-state index in [0.29, 0.717) is 19.6 Å². The number of carbonyl (C=O) groups is 1. The molecule has 0 saturated carbocycles. The highest BCUT2D eigenvalue weighted by atomic mass is 32.2. The molecule has 19 heavy (non-hydrogen) atoms. The van der Waals surface area contributed by atoms with Crippen LogP contribution in [0, 0.1) is 0 Å². The summed E-state index contributed by atoms with van der Waals surface area (Å²) in [5.41, 5.74) is -0.0533. The van der Waals surface area contributed by atoms with E-state index >= 15 is 0 Å². The average molecular weight is 288 g/mol. The maximum Gasteiger partial charge on any atom is 0.356 e. The molecule has 106 valence electrons. The standard InChI is InChI=1S/C10H16N4O4S/c15-10(16)9-7-13(8-11-9)6-3-12-19(17,18)14-4-1-2-5-14/h7-8,12H,1-6H2,(H,15,16). The van der Waals surface area contributed by atoms with Crippen LogP contribution in [0.5, 0.6) is 0 Å². The first-order valence-corrected chi connectivity index (χ1v) is 7.43. The van der Waals surface area contributed by atoms with Gasteiger partial charge in [0.25, 0.3) is 10.2 Å². The van der Waals surface area contributed by atoms with E-state index in [-0.39, 0.29) is 12.2 Å². The molecular weight excluding hydrogens is 272 g/mol. The lowest BCUT2D eigenvalue weighted by Gasteiger charge is -2.15. The van der Waals surface area contributed by atoms with Gasteiger partial charge in [-0.25, -0.2) is 14.5 Å². The molecule has 0 spiro atoms. The Morgan fingerprint density at radius 2 is 2.11 bits per heavy atom. The first-order valence-electron chi connectivity index (χ1n) is 5.99. The van der Waals surface area contributed by atoms with Crippen LogP contribution in [0.2, 0.25) is 0 Å². The number of carboxylic acid groups (broad SMARTS) is 1. The molecule has 0 atom stereocenters. The Morgan fingerprint density at radius 1 is 1.42 bits per heavy atom. The Bertz CT molecular complexity index is 548. The Kier molecular flexibility index (Phi) is 4.17. The molecule has 0 unspecified atom stereocenters. The molecule has 0 aliphatic carbocycles. The minimum absolute atomic E-state index is 0.0533. The SMILES string of the molecule is O=C(O)c1cn(CCNS(=O)(=O)N2CCCC2)cn1. The fourth-order valence-corrected chi connectivity index (χ4v) is 3.19. The van der Waals surface area contributed by atoms with E-state index in [1.165, 1.54) is 21.4 Å². The summed E-state index contributed by atoms with van der Waals surface area (Å²) in [5.74, 6) is -1.10. The zero-order valence-corrected chi connectivity index (χ0v) is 11.1. The molecule has 2 rings (SSSR count). The van der Waals surface area contributed by atoms with Gasteiger partial charge < -0.3 is 9.67 Å². The van der Waals surface area contributed by atoms with Gasteiger partial charge in [0.2, 0.25) is 0 Å². The quantitative estimate of drug-likeness (QED) is 0.735. The minimum atomic E-state index is -3.41. The Morgan fingerprint density at radius 3 is 2.68 bits per heavy atom. The normalized spacial score (nSPS) is 16.8. The van der Waals surface area contributed by atoms with Crippen LogP contribution in [-0.4, -0.2) is 53.0 Å². The highest BCUT2D eigenvalue weighted by molar-refractivity contribution is 7.87. The summed E-state index contributed by atoms with van der Waals surface area (Å²) in [4.78, 5) is 14.3. The van der Waals surface area contributed by atoms with Gasteiger partial charge in [0, 0.05) is 32.4 Å². The largest absolute Gasteiger partial charge is 0.476 e. The number of hydrogen-bond acceptors (Lipinski definition) is 4. The van der Waals surface area contributed by atoms with Crippen molar-refractivity contribution in [2.24, 2.45) is 0 Å². The van der Waals surface area contributed by atoms with Crippen molar-refractivity contribution in [3.05, 3.63) is 18.2 Å². The fraction of sp³-hybridized carbons (Fsp3) is 0.600. The Hall–Kier alpha value is -1.45. The van der Waals surface area contributed by atoms with Gasteiger partial charge in [-0.3, -0.25) is 0 Å². The first-order chi connectivity index (χ1) is 8.99. The van der Waals surface area contributed by atoms with Crippen molar-refractivity contribution in [2.75, 3.05) is 19.6 Å².